The second-order valence-corrected chi connectivity index (χ2v) is 6.63. The number of nitrogens with one attached hydrogen (secondary N) is 1. The summed E-state index contributed by atoms with van der Waals surface area (Å²) in [6.45, 7) is 1.43. The Labute approximate surface area is 136 Å². The number of benzene rings is 2. The molecule has 0 fully saturated rings. The van der Waals surface area contributed by atoms with Gasteiger partial charge in [0.15, 0.2) is 0 Å². The van der Waals surface area contributed by atoms with Crippen LogP contribution < -0.4 is 9.46 Å². The summed E-state index contributed by atoms with van der Waals surface area (Å²) < 4.78 is 66.9. The molecule has 5 nitrogen and oxygen atoms in total. The molecule has 0 aliphatic heterocycles. The van der Waals surface area contributed by atoms with E-state index < -0.39 is 22.1 Å². The Morgan fingerprint density at radius 1 is 1.12 bits per heavy atom. The van der Waals surface area contributed by atoms with Crippen molar-refractivity contribution in [1.29, 1.82) is 0 Å². The van der Waals surface area contributed by atoms with Crippen LogP contribution in [0.3, 0.4) is 0 Å². The lowest BCUT2D eigenvalue weighted by Gasteiger charge is -2.13. The maximum atomic E-state index is 12.3. The number of aryl methyl sites for hydroxylation is 1. The zero-order chi connectivity index (χ0) is 18.0. The third kappa shape index (κ3) is 4.62. The second-order valence-electron chi connectivity index (χ2n) is 4.94. The van der Waals surface area contributed by atoms with Gasteiger partial charge >= 0.3 is 6.36 Å². The first-order valence-electron chi connectivity index (χ1n) is 6.70. The predicted molar refractivity (Wildman–Crippen MR) is 81.0 cm³/mol. The normalized spacial score (nSPS) is 12.0. The number of sulfonamides is 1. The molecule has 0 aliphatic rings. The first-order valence-corrected chi connectivity index (χ1v) is 8.18. The van der Waals surface area contributed by atoms with Gasteiger partial charge in [-0.25, -0.2) is 8.42 Å². The SMILES string of the molecule is Cc1ccc(NS(=O)(=O)c2ccc(OC(F)(F)F)cc2)c(CO)c1. The minimum atomic E-state index is -4.85. The number of ether oxygens (including phenoxy) is 1. The highest BCUT2D eigenvalue weighted by Gasteiger charge is 2.31. The van der Waals surface area contributed by atoms with Gasteiger partial charge < -0.3 is 9.84 Å². The third-order valence-corrected chi connectivity index (χ3v) is 4.42. The number of aliphatic hydroxyl groups is 1. The van der Waals surface area contributed by atoms with E-state index in [0.717, 1.165) is 29.8 Å². The first-order chi connectivity index (χ1) is 11.1. The predicted octanol–water partition coefficient (Wildman–Crippen LogP) is 3.19. The number of aliphatic hydroxyl groups excluding tert-OH is 1. The van der Waals surface area contributed by atoms with Crippen molar-refractivity contribution in [2.45, 2.75) is 24.8 Å². The molecule has 0 aliphatic carbocycles. The Bertz CT molecular complexity index is 818. The van der Waals surface area contributed by atoms with Crippen LogP contribution in [0.15, 0.2) is 47.4 Å². The fraction of sp³-hybridized carbons (Fsp3) is 0.200. The van der Waals surface area contributed by atoms with E-state index >= 15 is 0 Å². The van der Waals surface area contributed by atoms with Crippen molar-refractivity contribution in [3.05, 3.63) is 53.6 Å². The van der Waals surface area contributed by atoms with Gasteiger partial charge in [-0.1, -0.05) is 17.7 Å². The average Bonchev–Trinajstić information content (AvgIpc) is 2.47. The fourth-order valence-corrected chi connectivity index (χ4v) is 3.08. The van der Waals surface area contributed by atoms with Crippen LogP contribution in [0, 0.1) is 6.92 Å². The smallest absolute Gasteiger partial charge is 0.406 e. The summed E-state index contributed by atoms with van der Waals surface area (Å²) in [5.74, 6) is -0.521. The lowest BCUT2D eigenvalue weighted by Crippen LogP contribution is -2.17. The van der Waals surface area contributed by atoms with Crippen LogP contribution in [0.25, 0.3) is 0 Å². The molecule has 9 heteroatoms. The number of hydrogen-bond donors (Lipinski definition) is 2. The molecule has 0 radical (unpaired) electrons. The van der Waals surface area contributed by atoms with Crippen LogP contribution in [0.2, 0.25) is 0 Å². The highest BCUT2D eigenvalue weighted by atomic mass is 32.2. The number of alkyl halides is 3. The molecule has 0 heterocycles. The van der Waals surface area contributed by atoms with Crippen molar-refractivity contribution < 1.29 is 31.4 Å². The van der Waals surface area contributed by atoms with Gasteiger partial charge in [0.25, 0.3) is 10.0 Å². The standard InChI is InChI=1S/C15H14F3NO4S/c1-10-2-7-14(11(8-10)9-20)19-24(21,22)13-5-3-12(4-6-13)23-15(16,17)18/h2-8,19-20H,9H2,1H3. The molecule has 0 unspecified atom stereocenters. The number of rotatable bonds is 5. The van der Waals surface area contributed by atoms with E-state index in [1.54, 1.807) is 19.1 Å². The van der Waals surface area contributed by atoms with Crippen molar-refractivity contribution >= 4 is 15.7 Å². The summed E-state index contributed by atoms with van der Waals surface area (Å²) in [5.41, 5.74) is 1.42. The second kappa shape index (κ2) is 6.70. The van der Waals surface area contributed by atoms with Gasteiger partial charge in [-0.05, 0) is 37.3 Å². The molecule has 2 rings (SSSR count). The van der Waals surface area contributed by atoms with Crippen LogP contribution in [0.5, 0.6) is 5.75 Å². The van der Waals surface area contributed by atoms with Crippen molar-refractivity contribution in [3.8, 4) is 5.75 Å². The van der Waals surface area contributed by atoms with Crippen molar-refractivity contribution in [2.24, 2.45) is 0 Å². The molecule has 130 valence electrons. The molecule has 2 N–H and O–H groups in total. The van der Waals surface area contributed by atoms with E-state index in [0.29, 0.717) is 5.56 Å². The largest absolute Gasteiger partial charge is 0.573 e. The summed E-state index contributed by atoms with van der Waals surface area (Å²) in [6, 6.07) is 8.59. The summed E-state index contributed by atoms with van der Waals surface area (Å²) >= 11 is 0. The number of hydrogen-bond acceptors (Lipinski definition) is 4. The average molecular weight is 361 g/mol. The van der Waals surface area contributed by atoms with Gasteiger partial charge in [0.2, 0.25) is 0 Å². The van der Waals surface area contributed by atoms with Crippen LogP contribution in [-0.2, 0) is 16.6 Å². The highest BCUT2D eigenvalue weighted by Crippen LogP contribution is 2.26. The molecular weight excluding hydrogens is 347 g/mol. The Morgan fingerprint density at radius 2 is 1.75 bits per heavy atom. The fourth-order valence-electron chi connectivity index (χ4n) is 1.98. The van der Waals surface area contributed by atoms with Gasteiger partial charge in [0, 0.05) is 5.56 Å². The molecule has 2 aromatic carbocycles. The maximum absolute atomic E-state index is 12.3. The Hall–Kier alpha value is -2.26. The van der Waals surface area contributed by atoms with Gasteiger partial charge in [0.05, 0.1) is 17.2 Å². The lowest BCUT2D eigenvalue weighted by molar-refractivity contribution is -0.274. The van der Waals surface area contributed by atoms with Gasteiger partial charge in [-0.15, -0.1) is 13.2 Å². The Morgan fingerprint density at radius 3 is 2.29 bits per heavy atom. The third-order valence-electron chi connectivity index (χ3n) is 3.04. The molecular formula is C15H14F3NO4S. The van der Waals surface area contributed by atoms with E-state index in [2.05, 4.69) is 9.46 Å². The van der Waals surface area contributed by atoms with Crippen LogP contribution in [0.1, 0.15) is 11.1 Å². The molecule has 0 aromatic heterocycles. The van der Waals surface area contributed by atoms with Gasteiger partial charge in [0.1, 0.15) is 5.75 Å². The Kier molecular flexibility index (Phi) is 5.05. The zero-order valence-corrected chi connectivity index (χ0v) is 13.3. The summed E-state index contributed by atoms with van der Waals surface area (Å²) in [4.78, 5) is -0.235. The van der Waals surface area contributed by atoms with E-state index in [9.17, 15) is 26.7 Å². The number of halogens is 3. The molecule has 24 heavy (non-hydrogen) atoms. The van der Waals surface area contributed by atoms with Gasteiger partial charge in [-0.3, -0.25) is 4.72 Å². The maximum Gasteiger partial charge on any atom is 0.573 e. The minimum absolute atomic E-state index is 0.193. The van der Waals surface area contributed by atoms with E-state index in [-0.39, 0.29) is 17.2 Å². The number of anilines is 1. The van der Waals surface area contributed by atoms with Crippen molar-refractivity contribution in [1.82, 2.24) is 0 Å². The quantitative estimate of drug-likeness (QED) is 0.858. The van der Waals surface area contributed by atoms with Crippen LogP contribution in [-0.4, -0.2) is 19.9 Å². The highest BCUT2D eigenvalue weighted by molar-refractivity contribution is 7.92. The lowest BCUT2D eigenvalue weighted by atomic mass is 10.1. The molecule has 0 spiro atoms. The zero-order valence-electron chi connectivity index (χ0n) is 12.5. The van der Waals surface area contributed by atoms with Crippen molar-refractivity contribution in [2.75, 3.05) is 4.72 Å². The Balaban J connectivity index is 2.25. The molecule has 0 atom stereocenters. The minimum Gasteiger partial charge on any atom is -0.406 e. The monoisotopic (exact) mass is 361 g/mol. The molecule has 0 saturated carbocycles. The summed E-state index contributed by atoms with van der Waals surface area (Å²) in [6.07, 6.45) is -4.85. The molecule has 0 saturated heterocycles. The molecule has 0 amide bonds. The first kappa shape index (κ1) is 18.1. The van der Waals surface area contributed by atoms with E-state index in [1.165, 1.54) is 6.07 Å². The topological polar surface area (TPSA) is 75.6 Å². The van der Waals surface area contributed by atoms with Gasteiger partial charge in [-0.2, -0.15) is 0 Å². The van der Waals surface area contributed by atoms with Crippen molar-refractivity contribution in [3.63, 3.8) is 0 Å². The van der Waals surface area contributed by atoms with E-state index in [1.807, 2.05) is 0 Å². The molecule has 2 aromatic rings. The van der Waals surface area contributed by atoms with Crippen LogP contribution >= 0.6 is 0 Å². The van der Waals surface area contributed by atoms with Crippen LogP contribution in [0.4, 0.5) is 18.9 Å². The summed E-state index contributed by atoms with van der Waals surface area (Å²) in [5, 5.41) is 9.30. The molecule has 0 bridgehead atoms. The summed E-state index contributed by atoms with van der Waals surface area (Å²) in [7, 11) is -4.02. The van der Waals surface area contributed by atoms with E-state index in [4.69, 9.17) is 0 Å².